The van der Waals surface area contributed by atoms with Crippen molar-refractivity contribution in [1.82, 2.24) is 0 Å². The second-order valence-corrected chi connectivity index (χ2v) is 15.2. The zero-order chi connectivity index (χ0) is 39.7. The Labute approximate surface area is 332 Å². The minimum atomic E-state index is -0.687. The fourth-order valence-corrected chi connectivity index (χ4v) is 6.67. The lowest BCUT2D eigenvalue weighted by atomic mass is 10.0. The zero-order valence-corrected chi connectivity index (χ0v) is 34.9. The molecule has 0 saturated heterocycles. The molecule has 55 heavy (non-hydrogen) atoms. The summed E-state index contributed by atoms with van der Waals surface area (Å²) in [5.74, 6) is -0.0840. The van der Waals surface area contributed by atoms with Crippen molar-refractivity contribution >= 4 is 23.3 Å². The van der Waals surface area contributed by atoms with Crippen LogP contribution in [0.2, 0.25) is 0 Å². The molecule has 0 saturated carbocycles. The summed E-state index contributed by atoms with van der Waals surface area (Å²) >= 11 is 0. The van der Waals surface area contributed by atoms with Crippen LogP contribution in [0.25, 0.3) is 0 Å². The van der Waals surface area contributed by atoms with Crippen molar-refractivity contribution in [3.05, 3.63) is 89.5 Å². The molecule has 0 aliphatic rings. The van der Waals surface area contributed by atoms with Gasteiger partial charge in [0.1, 0.15) is 18.0 Å². The molecule has 0 aromatic heterocycles. The van der Waals surface area contributed by atoms with Crippen LogP contribution in [-0.4, -0.2) is 66.1 Å². The molecule has 0 bridgehead atoms. The van der Waals surface area contributed by atoms with Gasteiger partial charge < -0.3 is 28.7 Å². The highest BCUT2D eigenvalue weighted by molar-refractivity contribution is 5.91. The number of carbonyl (C=O) groups is 2. The molecule has 0 aliphatic carbocycles. The Bertz CT molecular complexity index is 1460. The molecule has 3 aromatic rings. The van der Waals surface area contributed by atoms with Gasteiger partial charge in [0.05, 0.1) is 31.5 Å². The SMILES string of the molecule is CCCCCCCCCCCCCCCCC[C@H](OC(=O)c1ccc(N(C)C)cc1)[C@H](CCOCc1ccc(OC)cc1)OC(=O)c1ccc(N(C)C)cc1. The van der Waals surface area contributed by atoms with Gasteiger partial charge in [0.25, 0.3) is 0 Å². The van der Waals surface area contributed by atoms with Crippen LogP contribution in [0.3, 0.4) is 0 Å². The van der Waals surface area contributed by atoms with Crippen LogP contribution in [0.4, 0.5) is 11.4 Å². The number of hydrogen-bond acceptors (Lipinski definition) is 8. The van der Waals surface area contributed by atoms with Crippen LogP contribution in [0, 0.1) is 0 Å². The van der Waals surface area contributed by atoms with Gasteiger partial charge in [-0.05, 0) is 79.1 Å². The number of anilines is 2. The van der Waals surface area contributed by atoms with Gasteiger partial charge in [0.15, 0.2) is 0 Å². The maximum Gasteiger partial charge on any atom is 0.338 e. The molecule has 0 unspecified atom stereocenters. The van der Waals surface area contributed by atoms with Crippen molar-refractivity contribution in [1.29, 1.82) is 0 Å². The van der Waals surface area contributed by atoms with Crippen molar-refractivity contribution in [3.8, 4) is 5.75 Å². The van der Waals surface area contributed by atoms with Gasteiger partial charge >= 0.3 is 11.9 Å². The molecule has 3 aromatic carbocycles. The first-order valence-electron chi connectivity index (χ1n) is 20.9. The van der Waals surface area contributed by atoms with Crippen LogP contribution >= 0.6 is 0 Å². The van der Waals surface area contributed by atoms with E-state index in [0.717, 1.165) is 42.0 Å². The van der Waals surface area contributed by atoms with E-state index in [9.17, 15) is 9.59 Å². The van der Waals surface area contributed by atoms with E-state index in [1.807, 2.05) is 86.5 Å². The second kappa shape index (κ2) is 26.7. The van der Waals surface area contributed by atoms with E-state index in [2.05, 4.69) is 6.92 Å². The summed E-state index contributed by atoms with van der Waals surface area (Å²) in [7, 11) is 9.49. The Morgan fingerprint density at radius 1 is 0.527 bits per heavy atom. The number of ether oxygens (including phenoxy) is 4. The van der Waals surface area contributed by atoms with Gasteiger partial charge in [-0.3, -0.25) is 0 Å². The number of methoxy groups -OCH3 is 1. The number of unbranched alkanes of at least 4 members (excludes halogenated alkanes) is 14. The van der Waals surface area contributed by atoms with Crippen molar-refractivity contribution in [2.24, 2.45) is 0 Å². The fourth-order valence-electron chi connectivity index (χ4n) is 6.67. The minimum Gasteiger partial charge on any atom is -0.497 e. The lowest BCUT2D eigenvalue weighted by Crippen LogP contribution is -2.36. The number of rotatable bonds is 29. The van der Waals surface area contributed by atoms with Crippen molar-refractivity contribution in [2.75, 3.05) is 51.7 Å². The number of esters is 2. The van der Waals surface area contributed by atoms with E-state index in [0.29, 0.717) is 37.2 Å². The van der Waals surface area contributed by atoms with Gasteiger partial charge in [-0.1, -0.05) is 109 Å². The third-order valence-electron chi connectivity index (χ3n) is 10.2. The molecule has 0 radical (unpaired) electrons. The molecule has 8 heteroatoms. The summed E-state index contributed by atoms with van der Waals surface area (Å²) in [6.07, 6.45) is 18.7. The quantitative estimate of drug-likeness (QED) is 0.0511. The minimum absolute atomic E-state index is 0.327. The normalized spacial score (nSPS) is 12.2. The van der Waals surface area contributed by atoms with Crippen LogP contribution in [0.5, 0.6) is 5.75 Å². The van der Waals surface area contributed by atoms with Crippen LogP contribution in [0.1, 0.15) is 142 Å². The Kier molecular flexibility index (Phi) is 22.0. The van der Waals surface area contributed by atoms with E-state index >= 15 is 0 Å². The van der Waals surface area contributed by atoms with E-state index in [4.69, 9.17) is 18.9 Å². The molecule has 0 N–H and O–H groups in total. The summed E-state index contributed by atoms with van der Waals surface area (Å²) in [5, 5.41) is 0. The molecule has 8 nitrogen and oxygen atoms in total. The summed E-state index contributed by atoms with van der Waals surface area (Å²) in [4.78, 5) is 31.2. The summed E-state index contributed by atoms with van der Waals surface area (Å²) in [6.45, 7) is 3.00. The van der Waals surface area contributed by atoms with Gasteiger partial charge in [0, 0.05) is 46.0 Å². The summed E-state index contributed by atoms with van der Waals surface area (Å²) in [6, 6.07) is 22.5. The van der Waals surface area contributed by atoms with E-state index in [1.54, 1.807) is 31.4 Å². The second-order valence-electron chi connectivity index (χ2n) is 15.2. The molecule has 2 atom stereocenters. The highest BCUT2D eigenvalue weighted by Crippen LogP contribution is 2.23. The predicted octanol–water partition coefficient (Wildman–Crippen LogP) is 11.4. The van der Waals surface area contributed by atoms with Crippen LogP contribution in [0.15, 0.2) is 72.8 Å². The van der Waals surface area contributed by atoms with Crippen molar-refractivity contribution in [2.45, 2.75) is 135 Å². The molecule has 0 amide bonds. The van der Waals surface area contributed by atoms with E-state index in [1.165, 1.54) is 77.0 Å². The molecule has 304 valence electrons. The smallest absolute Gasteiger partial charge is 0.338 e. The third kappa shape index (κ3) is 18.0. The lowest BCUT2D eigenvalue weighted by molar-refractivity contribution is -0.0502. The average Bonchev–Trinajstić information content (AvgIpc) is 3.20. The first-order chi connectivity index (χ1) is 26.7. The topological polar surface area (TPSA) is 77.5 Å². The highest BCUT2D eigenvalue weighted by atomic mass is 16.6. The summed E-state index contributed by atoms with van der Waals surface area (Å²) in [5.41, 5.74) is 3.91. The van der Waals surface area contributed by atoms with E-state index < -0.39 is 24.1 Å². The number of nitrogens with zero attached hydrogens (tertiary/aromatic N) is 2. The van der Waals surface area contributed by atoms with Crippen LogP contribution < -0.4 is 14.5 Å². The fraction of sp³-hybridized carbons (Fsp3) is 0.574. The predicted molar refractivity (Wildman–Crippen MR) is 227 cm³/mol. The Balaban J connectivity index is 1.63. The molecule has 0 heterocycles. The standard InChI is InChI=1S/C47H70N2O6/c1-7-8-9-10-11-12-13-14-15-16-17-18-19-20-21-22-44(54-46(50)39-25-29-41(30-26-39)48(2)3)45(35-36-53-37-38-23-33-43(52-6)34-24-38)55-47(51)40-27-31-42(32-28-40)49(4)5/h23-34,44-45H,7-22,35-37H2,1-6H3/t44-,45-/m0/s1. The molecular weight excluding hydrogens is 689 g/mol. The molecule has 0 spiro atoms. The maximum atomic E-state index is 13.6. The largest absolute Gasteiger partial charge is 0.497 e. The lowest BCUT2D eigenvalue weighted by Gasteiger charge is -2.27. The Morgan fingerprint density at radius 3 is 1.33 bits per heavy atom. The summed E-state index contributed by atoms with van der Waals surface area (Å²) < 4.78 is 23.8. The number of hydrogen-bond donors (Lipinski definition) is 0. The van der Waals surface area contributed by atoms with Crippen LogP contribution in [-0.2, 0) is 20.8 Å². The van der Waals surface area contributed by atoms with Crippen molar-refractivity contribution in [3.63, 3.8) is 0 Å². The first kappa shape index (κ1) is 45.4. The molecule has 3 rings (SSSR count). The van der Waals surface area contributed by atoms with Gasteiger partial charge in [-0.25, -0.2) is 9.59 Å². The number of benzene rings is 3. The molecular formula is C47H70N2O6. The van der Waals surface area contributed by atoms with Gasteiger partial charge in [-0.15, -0.1) is 0 Å². The van der Waals surface area contributed by atoms with Gasteiger partial charge in [-0.2, -0.15) is 0 Å². The number of carbonyl (C=O) groups excluding carboxylic acids is 2. The zero-order valence-electron chi connectivity index (χ0n) is 34.9. The van der Waals surface area contributed by atoms with Crippen molar-refractivity contribution < 1.29 is 28.5 Å². The van der Waals surface area contributed by atoms with E-state index in [-0.39, 0.29) is 0 Å². The Hall–Kier alpha value is -4.04. The first-order valence-corrected chi connectivity index (χ1v) is 20.9. The Morgan fingerprint density at radius 2 is 0.927 bits per heavy atom. The highest BCUT2D eigenvalue weighted by Gasteiger charge is 2.30. The van der Waals surface area contributed by atoms with Gasteiger partial charge in [0.2, 0.25) is 0 Å². The average molecular weight is 759 g/mol. The monoisotopic (exact) mass is 759 g/mol. The third-order valence-corrected chi connectivity index (χ3v) is 10.2. The maximum absolute atomic E-state index is 13.6. The molecule has 0 aliphatic heterocycles. The molecule has 0 fully saturated rings.